The van der Waals surface area contributed by atoms with Crippen molar-refractivity contribution in [1.29, 1.82) is 0 Å². The van der Waals surface area contributed by atoms with E-state index in [2.05, 4.69) is 94.7 Å². The predicted octanol–water partition coefficient (Wildman–Crippen LogP) is 6.24. The number of aromatic nitrogens is 3. The van der Waals surface area contributed by atoms with Gasteiger partial charge in [0.05, 0.1) is 87.0 Å². The van der Waals surface area contributed by atoms with E-state index in [4.69, 9.17) is 33.9 Å². The number of nitrogens with zero attached hydrogens (tertiary/aromatic N) is 5. The Bertz CT molecular complexity index is 1700. The number of pyridine rings is 3. The zero-order chi connectivity index (χ0) is 33.8. The molecule has 6 heterocycles. The Hall–Kier alpha value is -4.35. The zero-order valence-electron chi connectivity index (χ0n) is 28.6. The topological polar surface area (TPSA) is 82.1 Å². The van der Waals surface area contributed by atoms with Crippen LogP contribution in [0.4, 0.5) is 0 Å². The lowest BCUT2D eigenvalue weighted by Crippen LogP contribution is -2.33. The van der Waals surface area contributed by atoms with Crippen LogP contribution in [-0.4, -0.2) is 104 Å². The molecule has 0 aliphatic carbocycles. The second kappa shape index (κ2) is 17.5. The maximum atomic E-state index is 5.97. The second-order valence-corrected chi connectivity index (χ2v) is 12.6. The van der Waals surface area contributed by atoms with Gasteiger partial charge in [-0.05, 0) is 58.7 Å². The fourth-order valence-electron chi connectivity index (χ4n) is 6.28. The summed E-state index contributed by atoms with van der Waals surface area (Å²) in [6.45, 7) is 9.04. The fourth-order valence-corrected chi connectivity index (χ4v) is 6.28. The van der Waals surface area contributed by atoms with Crippen LogP contribution >= 0.6 is 0 Å². The van der Waals surface area contributed by atoms with E-state index in [9.17, 15) is 0 Å². The molecule has 2 aromatic carbocycles. The van der Waals surface area contributed by atoms with Crippen molar-refractivity contribution in [1.82, 2.24) is 24.8 Å². The van der Waals surface area contributed by atoms with Crippen molar-refractivity contribution in [2.24, 2.45) is 0 Å². The van der Waals surface area contributed by atoms with Crippen LogP contribution in [0.15, 0.2) is 103 Å². The van der Waals surface area contributed by atoms with E-state index in [0.717, 1.165) is 71.5 Å². The van der Waals surface area contributed by atoms with Gasteiger partial charge in [-0.15, -0.1) is 0 Å². The average molecular weight is 672 g/mol. The smallest absolute Gasteiger partial charge is 0.0900 e. The third-order valence-electron chi connectivity index (χ3n) is 9.01. The summed E-state index contributed by atoms with van der Waals surface area (Å²) in [7, 11) is 0. The van der Waals surface area contributed by atoms with E-state index in [0.29, 0.717) is 65.9 Å². The standard InChI is InChI=1S/C41H45N5O4/c1-2-6-32(7-3-1)33-12-14-34(15-13-33)35-28-40-38-10-4-8-36(42-38)30-45-16-20-47-24-26-49-22-18-46(19-23-50-27-25-48-21-17-45)31-37-9-5-11-39(43-37)41(29-35)44-40/h1-15,28-29H,16-27,30-31H2. The Balaban J connectivity index is 1.29. The maximum absolute atomic E-state index is 5.97. The molecule has 0 atom stereocenters. The molecule has 0 saturated carbocycles. The molecule has 3 aromatic heterocycles. The molecule has 9 nitrogen and oxygen atoms in total. The third kappa shape index (κ3) is 9.45. The fraction of sp³-hybridized carbons (Fsp3) is 0.341. The minimum absolute atomic E-state index is 0.559. The lowest BCUT2D eigenvalue weighted by molar-refractivity contribution is 0.00600. The highest BCUT2D eigenvalue weighted by atomic mass is 16.5. The van der Waals surface area contributed by atoms with E-state index in [1.807, 2.05) is 18.2 Å². The molecule has 0 spiro atoms. The van der Waals surface area contributed by atoms with E-state index in [1.54, 1.807) is 0 Å². The van der Waals surface area contributed by atoms with Gasteiger partial charge in [-0.2, -0.15) is 0 Å². The van der Waals surface area contributed by atoms with Gasteiger partial charge in [0.1, 0.15) is 0 Å². The van der Waals surface area contributed by atoms with Gasteiger partial charge in [0, 0.05) is 39.3 Å². The SMILES string of the molecule is c1ccc(-c2ccc(-c3cc4nc(c3)-c3cccc(n3)CN3CCOCCOCCN(CCOCCOCC3)Cc3cccc-4n3)cc2)cc1. The summed E-state index contributed by atoms with van der Waals surface area (Å²) in [5.41, 5.74) is 9.75. The van der Waals surface area contributed by atoms with Gasteiger partial charge in [0.25, 0.3) is 0 Å². The number of benzene rings is 2. The predicted molar refractivity (Wildman–Crippen MR) is 195 cm³/mol. The Morgan fingerprint density at radius 3 is 1.24 bits per heavy atom. The summed E-state index contributed by atoms with van der Waals surface area (Å²) in [5, 5.41) is 0. The Kier molecular flexibility index (Phi) is 12.0. The molecule has 0 unspecified atom stereocenters. The van der Waals surface area contributed by atoms with E-state index in [1.165, 1.54) is 11.1 Å². The lowest BCUT2D eigenvalue weighted by Gasteiger charge is -2.23. The first-order valence-electron chi connectivity index (χ1n) is 17.6. The van der Waals surface area contributed by atoms with Crippen LogP contribution in [0, 0.1) is 0 Å². The van der Waals surface area contributed by atoms with Crippen molar-refractivity contribution in [3.8, 4) is 45.0 Å². The van der Waals surface area contributed by atoms with Crippen molar-refractivity contribution in [2.75, 3.05) is 79.0 Å². The molecule has 50 heavy (non-hydrogen) atoms. The van der Waals surface area contributed by atoms with Gasteiger partial charge in [0.2, 0.25) is 0 Å². The first-order chi connectivity index (χ1) is 24.8. The average Bonchev–Trinajstić information content (AvgIpc) is 3.16. The maximum Gasteiger partial charge on any atom is 0.0900 e. The van der Waals surface area contributed by atoms with Crippen LogP contribution in [0.1, 0.15) is 11.4 Å². The Morgan fingerprint density at radius 2 is 0.780 bits per heavy atom. The quantitative estimate of drug-likeness (QED) is 0.217. The van der Waals surface area contributed by atoms with Gasteiger partial charge < -0.3 is 18.9 Å². The molecule has 0 N–H and O–H groups in total. The summed E-state index contributed by atoms with van der Waals surface area (Å²) >= 11 is 0. The second-order valence-electron chi connectivity index (χ2n) is 12.6. The minimum atomic E-state index is 0.559. The first-order valence-corrected chi connectivity index (χ1v) is 17.6. The summed E-state index contributed by atoms with van der Waals surface area (Å²) in [4.78, 5) is 20.1. The minimum Gasteiger partial charge on any atom is -0.378 e. The molecule has 0 amide bonds. The normalized spacial score (nSPS) is 19.8. The molecule has 1 saturated heterocycles. The highest BCUT2D eigenvalue weighted by Gasteiger charge is 2.15. The summed E-state index contributed by atoms with van der Waals surface area (Å²) in [5.74, 6) is 0. The van der Waals surface area contributed by atoms with E-state index in [-0.39, 0.29) is 0 Å². The summed E-state index contributed by atoms with van der Waals surface area (Å²) in [6.07, 6.45) is 0. The van der Waals surface area contributed by atoms with Crippen LogP contribution in [0.5, 0.6) is 0 Å². The molecule has 3 aliphatic rings. The molecule has 258 valence electrons. The van der Waals surface area contributed by atoms with Crippen molar-refractivity contribution >= 4 is 0 Å². The summed E-state index contributed by atoms with van der Waals surface area (Å²) < 4.78 is 23.9. The van der Waals surface area contributed by atoms with Gasteiger partial charge in [-0.1, -0.05) is 66.7 Å². The van der Waals surface area contributed by atoms with Crippen LogP contribution in [0.2, 0.25) is 0 Å². The van der Waals surface area contributed by atoms with E-state index < -0.39 is 0 Å². The van der Waals surface area contributed by atoms with Crippen molar-refractivity contribution < 1.29 is 18.9 Å². The van der Waals surface area contributed by atoms with Gasteiger partial charge >= 0.3 is 0 Å². The molecule has 9 heteroatoms. The van der Waals surface area contributed by atoms with Crippen LogP contribution in [-0.2, 0) is 32.0 Å². The molecule has 3 aliphatic heterocycles. The van der Waals surface area contributed by atoms with Crippen LogP contribution in [0.3, 0.4) is 0 Å². The molecule has 8 rings (SSSR count). The largest absolute Gasteiger partial charge is 0.378 e. The molecule has 5 aromatic rings. The highest BCUT2D eigenvalue weighted by Crippen LogP contribution is 2.31. The van der Waals surface area contributed by atoms with Gasteiger partial charge in [0.15, 0.2) is 0 Å². The van der Waals surface area contributed by atoms with Crippen LogP contribution in [0.25, 0.3) is 45.0 Å². The van der Waals surface area contributed by atoms with Crippen molar-refractivity contribution in [2.45, 2.75) is 13.1 Å². The Labute approximate surface area is 294 Å². The van der Waals surface area contributed by atoms with E-state index >= 15 is 0 Å². The van der Waals surface area contributed by atoms with Gasteiger partial charge in [-0.3, -0.25) is 9.80 Å². The number of hydrogen-bond acceptors (Lipinski definition) is 9. The summed E-state index contributed by atoms with van der Waals surface area (Å²) in [6, 6.07) is 35.8. The molecular formula is C41H45N5O4. The van der Waals surface area contributed by atoms with Gasteiger partial charge in [-0.25, -0.2) is 15.0 Å². The highest BCUT2D eigenvalue weighted by molar-refractivity contribution is 5.76. The zero-order valence-corrected chi connectivity index (χ0v) is 28.6. The monoisotopic (exact) mass is 671 g/mol. The third-order valence-corrected chi connectivity index (χ3v) is 9.01. The van der Waals surface area contributed by atoms with Crippen LogP contribution < -0.4 is 0 Å². The molecule has 8 bridgehead atoms. The first kappa shape index (κ1) is 34.1. The van der Waals surface area contributed by atoms with Crippen molar-refractivity contribution in [3.05, 3.63) is 115 Å². The number of ether oxygens (including phenoxy) is 4. The number of hydrogen-bond donors (Lipinski definition) is 0. The molecule has 0 radical (unpaired) electrons. The Morgan fingerprint density at radius 1 is 0.360 bits per heavy atom. The lowest BCUT2D eigenvalue weighted by atomic mass is 9.99. The van der Waals surface area contributed by atoms with Crippen molar-refractivity contribution in [3.63, 3.8) is 0 Å². The number of rotatable bonds is 2. The number of fused-ring (bicyclic) bond motifs is 14. The molecule has 1 fully saturated rings. The molecular weight excluding hydrogens is 626 g/mol.